The van der Waals surface area contributed by atoms with Gasteiger partial charge in [0, 0.05) is 23.5 Å². The third kappa shape index (κ3) is 5.96. The van der Waals surface area contributed by atoms with E-state index in [2.05, 4.69) is 12.2 Å². The van der Waals surface area contributed by atoms with E-state index in [0.717, 1.165) is 17.9 Å². The highest BCUT2D eigenvalue weighted by molar-refractivity contribution is 7.91. The predicted octanol–water partition coefficient (Wildman–Crippen LogP) is 2.71. The first kappa shape index (κ1) is 15.8. The highest BCUT2D eigenvalue weighted by Gasteiger charge is 2.13. The molecule has 1 atom stereocenters. The zero-order valence-electron chi connectivity index (χ0n) is 11.8. The van der Waals surface area contributed by atoms with Crippen molar-refractivity contribution in [2.75, 3.05) is 23.4 Å². The molecule has 0 amide bonds. The largest absolute Gasteiger partial charge is 0.494 e. The Kier molecular flexibility index (Phi) is 6.15. The van der Waals surface area contributed by atoms with E-state index in [1.165, 1.54) is 0 Å². The Morgan fingerprint density at radius 1 is 1.32 bits per heavy atom. The zero-order valence-corrected chi connectivity index (χ0v) is 12.7. The Hall–Kier alpha value is -1.23. The monoisotopic (exact) mass is 285 g/mol. The lowest BCUT2D eigenvalue weighted by Crippen LogP contribution is -2.26. The number of anilines is 1. The summed E-state index contributed by atoms with van der Waals surface area (Å²) in [6.07, 6.45) is 0.961. The molecular formula is C14H23NO3S. The van der Waals surface area contributed by atoms with Gasteiger partial charge in [-0.15, -0.1) is 0 Å². The lowest BCUT2D eigenvalue weighted by Gasteiger charge is -2.15. The van der Waals surface area contributed by atoms with Gasteiger partial charge in [0.15, 0.2) is 9.84 Å². The van der Waals surface area contributed by atoms with Gasteiger partial charge < -0.3 is 10.1 Å². The molecule has 0 saturated heterocycles. The second-order valence-corrected chi connectivity index (χ2v) is 7.02. The van der Waals surface area contributed by atoms with Crippen LogP contribution in [0.4, 0.5) is 5.69 Å². The molecule has 0 spiro atoms. The molecule has 5 heteroatoms. The van der Waals surface area contributed by atoms with Gasteiger partial charge in [-0.3, -0.25) is 0 Å². The number of hydrogen-bond donors (Lipinski definition) is 1. The first-order chi connectivity index (χ1) is 8.96. The van der Waals surface area contributed by atoms with E-state index in [0.29, 0.717) is 6.61 Å². The molecule has 0 fully saturated rings. The average molecular weight is 285 g/mol. The van der Waals surface area contributed by atoms with E-state index in [4.69, 9.17) is 4.74 Å². The van der Waals surface area contributed by atoms with Gasteiger partial charge in [0.2, 0.25) is 0 Å². The summed E-state index contributed by atoms with van der Waals surface area (Å²) in [5.74, 6) is 1.12. The molecule has 0 aromatic heterocycles. The summed E-state index contributed by atoms with van der Waals surface area (Å²) >= 11 is 0. The van der Waals surface area contributed by atoms with Crippen LogP contribution in [0, 0.1) is 0 Å². The van der Waals surface area contributed by atoms with Crippen LogP contribution in [0.3, 0.4) is 0 Å². The van der Waals surface area contributed by atoms with Crippen LogP contribution in [-0.4, -0.2) is 32.6 Å². The van der Waals surface area contributed by atoms with Crippen LogP contribution in [-0.2, 0) is 9.84 Å². The predicted molar refractivity (Wildman–Crippen MR) is 79.6 cm³/mol. The van der Waals surface area contributed by atoms with Crippen molar-refractivity contribution < 1.29 is 13.2 Å². The van der Waals surface area contributed by atoms with Gasteiger partial charge in [0.05, 0.1) is 12.4 Å². The quantitative estimate of drug-likeness (QED) is 0.798. The normalized spacial score (nSPS) is 13.0. The molecule has 1 rings (SSSR count). The Balaban J connectivity index is 2.61. The first-order valence-electron chi connectivity index (χ1n) is 6.66. The summed E-state index contributed by atoms with van der Waals surface area (Å²) in [6.45, 7) is 6.27. The summed E-state index contributed by atoms with van der Waals surface area (Å²) < 4.78 is 28.6. The Bertz CT molecular complexity index is 485. The zero-order chi connectivity index (χ0) is 14.3. The SMILES string of the molecule is CCCOc1cccc(NC(C)CS(=O)(=O)CC)c1. The molecule has 19 heavy (non-hydrogen) atoms. The fourth-order valence-corrected chi connectivity index (χ4v) is 2.80. The molecule has 0 aliphatic rings. The van der Waals surface area contributed by atoms with Crippen molar-refractivity contribution in [2.45, 2.75) is 33.2 Å². The van der Waals surface area contributed by atoms with Crippen LogP contribution in [0.15, 0.2) is 24.3 Å². The highest BCUT2D eigenvalue weighted by Crippen LogP contribution is 2.18. The maximum absolute atomic E-state index is 11.5. The summed E-state index contributed by atoms with van der Waals surface area (Å²) in [7, 11) is -2.96. The van der Waals surface area contributed by atoms with E-state index in [-0.39, 0.29) is 17.5 Å². The van der Waals surface area contributed by atoms with Crippen molar-refractivity contribution in [2.24, 2.45) is 0 Å². The molecule has 1 unspecified atom stereocenters. The summed E-state index contributed by atoms with van der Waals surface area (Å²) in [5, 5.41) is 3.19. The minimum Gasteiger partial charge on any atom is -0.494 e. The van der Waals surface area contributed by atoms with Gasteiger partial charge >= 0.3 is 0 Å². The van der Waals surface area contributed by atoms with Crippen LogP contribution >= 0.6 is 0 Å². The van der Waals surface area contributed by atoms with Crippen molar-refractivity contribution in [1.82, 2.24) is 0 Å². The summed E-state index contributed by atoms with van der Waals surface area (Å²) in [6, 6.07) is 7.48. The maximum atomic E-state index is 11.5. The molecule has 0 aliphatic heterocycles. The minimum atomic E-state index is -2.96. The molecular weight excluding hydrogens is 262 g/mol. The molecule has 0 bridgehead atoms. The van der Waals surface area contributed by atoms with Crippen LogP contribution in [0.25, 0.3) is 0 Å². The molecule has 4 nitrogen and oxygen atoms in total. The summed E-state index contributed by atoms with van der Waals surface area (Å²) in [4.78, 5) is 0. The molecule has 1 aromatic carbocycles. The minimum absolute atomic E-state index is 0.119. The number of benzene rings is 1. The van der Waals surface area contributed by atoms with Gasteiger partial charge in [-0.1, -0.05) is 19.9 Å². The number of sulfone groups is 1. The number of hydrogen-bond acceptors (Lipinski definition) is 4. The van der Waals surface area contributed by atoms with Gasteiger partial charge in [0.1, 0.15) is 5.75 Å². The van der Waals surface area contributed by atoms with E-state index >= 15 is 0 Å². The second kappa shape index (κ2) is 7.38. The fraction of sp³-hybridized carbons (Fsp3) is 0.571. The van der Waals surface area contributed by atoms with Crippen LogP contribution in [0.2, 0.25) is 0 Å². The van der Waals surface area contributed by atoms with Gasteiger partial charge in [-0.05, 0) is 25.5 Å². The van der Waals surface area contributed by atoms with Crippen LogP contribution < -0.4 is 10.1 Å². The standard InChI is InChI=1S/C14H23NO3S/c1-4-9-18-14-8-6-7-13(10-14)15-12(3)11-19(16,17)5-2/h6-8,10,12,15H,4-5,9,11H2,1-3H3. The molecule has 0 saturated carbocycles. The van der Waals surface area contributed by atoms with Gasteiger partial charge in [-0.2, -0.15) is 0 Å². The third-order valence-corrected chi connectivity index (χ3v) is 4.55. The van der Waals surface area contributed by atoms with E-state index in [9.17, 15) is 8.42 Å². The van der Waals surface area contributed by atoms with Crippen molar-refractivity contribution in [1.29, 1.82) is 0 Å². The van der Waals surface area contributed by atoms with Crippen molar-refractivity contribution in [3.8, 4) is 5.75 Å². The Morgan fingerprint density at radius 3 is 2.68 bits per heavy atom. The molecule has 1 aromatic rings. The van der Waals surface area contributed by atoms with E-state index in [1.807, 2.05) is 31.2 Å². The van der Waals surface area contributed by atoms with E-state index in [1.54, 1.807) is 6.92 Å². The van der Waals surface area contributed by atoms with E-state index < -0.39 is 9.84 Å². The number of nitrogens with one attached hydrogen (secondary N) is 1. The molecule has 0 radical (unpaired) electrons. The fourth-order valence-electron chi connectivity index (χ4n) is 1.72. The number of ether oxygens (including phenoxy) is 1. The van der Waals surface area contributed by atoms with Crippen molar-refractivity contribution in [3.63, 3.8) is 0 Å². The van der Waals surface area contributed by atoms with Crippen LogP contribution in [0.1, 0.15) is 27.2 Å². The molecule has 108 valence electrons. The lowest BCUT2D eigenvalue weighted by molar-refractivity contribution is 0.317. The second-order valence-electron chi connectivity index (χ2n) is 4.62. The van der Waals surface area contributed by atoms with Crippen molar-refractivity contribution >= 4 is 15.5 Å². The highest BCUT2D eigenvalue weighted by atomic mass is 32.2. The van der Waals surface area contributed by atoms with Gasteiger partial charge in [-0.25, -0.2) is 8.42 Å². The number of rotatable bonds is 8. The Labute approximate surface area is 116 Å². The maximum Gasteiger partial charge on any atom is 0.152 e. The molecule has 0 aliphatic carbocycles. The van der Waals surface area contributed by atoms with Crippen molar-refractivity contribution in [3.05, 3.63) is 24.3 Å². The first-order valence-corrected chi connectivity index (χ1v) is 8.48. The average Bonchev–Trinajstić information content (AvgIpc) is 2.36. The molecule has 1 N–H and O–H groups in total. The van der Waals surface area contributed by atoms with Crippen LogP contribution in [0.5, 0.6) is 5.75 Å². The van der Waals surface area contributed by atoms with Gasteiger partial charge in [0.25, 0.3) is 0 Å². The lowest BCUT2D eigenvalue weighted by atomic mass is 10.2. The smallest absolute Gasteiger partial charge is 0.152 e. The Morgan fingerprint density at radius 2 is 2.05 bits per heavy atom. The summed E-state index contributed by atoms with van der Waals surface area (Å²) in [5.41, 5.74) is 0.882. The topological polar surface area (TPSA) is 55.4 Å². The molecule has 0 heterocycles. The third-order valence-electron chi connectivity index (χ3n) is 2.66.